The van der Waals surface area contributed by atoms with Gasteiger partial charge in [0.15, 0.2) is 5.13 Å². The highest BCUT2D eigenvalue weighted by Gasteiger charge is 2.24. The Morgan fingerprint density at radius 1 is 1.15 bits per heavy atom. The van der Waals surface area contributed by atoms with Crippen molar-refractivity contribution in [2.24, 2.45) is 0 Å². The summed E-state index contributed by atoms with van der Waals surface area (Å²) in [6.07, 6.45) is 6.44. The molecule has 0 bridgehead atoms. The summed E-state index contributed by atoms with van der Waals surface area (Å²) in [5, 5.41) is 7.61. The lowest BCUT2D eigenvalue weighted by Crippen LogP contribution is -2.10. The first-order valence-corrected chi connectivity index (χ1v) is 13.7. The summed E-state index contributed by atoms with van der Waals surface area (Å²) in [6.45, 7) is 2.17. The molecule has 2 heterocycles. The van der Waals surface area contributed by atoms with Crippen LogP contribution < -0.4 is 5.32 Å². The predicted molar refractivity (Wildman–Crippen MR) is 140 cm³/mol. The Morgan fingerprint density at radius 3 is 2.76 bits per heavy atom. The van der Waals surface area contributed by atoms with Crippen LogP contribution in [-0.2, 0) is 17.1 Å². The van der Waals surface area contributed by atoms with Crippen molar-refractivity contribution in [1.29, 1.82) is 0 Å². The molecular formula is C27H28N2O3S2. The number of esters is 1. The summed E-state index contributed by atoms with van der Waals surface area (Å²) in [5.74, 6) is 0.641. The number of benzene rings is 2. The number of nitrogens with zero attached hydrogens (tertiary/aromatic N) is 1. The summed E-state index contributed by atoms with van der Waals surface area (Å²) in [5.41, 5.74) is 4.57. The van der Waals surface area contributed by atoms with Crippen LogP contribution in [0.15, 0.2) is 58.3 Å². The SMILES string of the molecule is Cc1ccc(Nc2nc(COC(=O)c3oc4ccccc4c3CSC3CCCCC3)cs2)cc1. The lowest BCUT2D eigenvalue weighted by molar-refractivity contribution is 0.0433. The first-order valence-electron chi connectivity index (χ1n) is 11.7. The van der Waals surface area contributed by atoms with Gasteiger partial charge in [-0.05, 0) is 38.0 Å². The molecule has 0 amide bonds. The van der Waals surface area contributed by atoms with E-state index in [1.807, 2.05) is 53.5 Å². The second-order valence-electron chi connectivity index (χ2n) is 8.69. The summed E-state index contributed by atoms with van der Waals surface area (Å²) < 4.78 is 11.6. The monoisotopic (exact) mass is 492 g/mol. The van der Waals surface area contributed by atoms with Crippen LogP contribution in [0.3, 0.4) is 0 Å². The van der Waals surface area contributed by atoms with Crippen LogP contribution in [0, 0.1) is 6.92 Å². The van der Waals surface area contributed by atoms with Crippen LogP contribution in [0.25, 0.3) is 11.0 Å². The van der Waals surface area contributed by atoms with Crippen LogP contribution >= 0.6 is 23.1 Å². The normalized spacial score (nSPS) is 14.4. The number of aryl methyl sites for hydroxylation is 1. The van der Waals surface area contributed by atoms with Gasteiger partial charge in [-0.25, -0.2) is 9.78 Å². The number of hydrogen-bond acceptors (Lipinski definition) is 7. The average Bonchev–Trinajstić information content (AvgIpc) is 3.47. The highest BCUT2D eigenvalue weighted by molar-refractivity contribution is 7.99. The van der Waals surface area contributed by atoms with Gasteiger partial charge in [0.2, 0.25) is 5.76 Å². The third-order valence-electron chi connectivity index (χ3n) is 6.10. The standard InChI is InChI=1S/C27H28N2O3S2/c1-18-11-13-19(14-12-18)28-27-29-20(16-34-27)15-31-26(30)25-23(17-33-21-7-3-2-4-8-21)22-9-5-6-10-24(22)32-25/h5-6,9-14,16,21H,2-4,7-8,15,17H2,1H3,(H,28,29). The molecule has 2 aromatic heterocycles. The van der Waals surface area contributed by atoms with E-state index >= 15 is 0 Å². The highest BCUT2D eigenvalue weighted by atomic mass is 32.2. The molecule has 0 spiro atoms. The van der Waals surface area contributed by atoms with Gasteiger partial charge >= 0.3 is 5.97 Å². The lowest BCUT2D eigenvalue weighted by Gasteiger charge is -2.20. The third kappa shape index (κ3) is 5.47. The van der Waals surface area contributed by atoms with Gasteiger partial charge in [0.25, 0.3) is 0 Å². The topological polar surface area (TPSA) is 64.4 Å². The fourth-order valence-electron chi connectivity index (χ4n) is 4.24. The second kappa shape index (κ2) is 10.7. The van der Waals surface area contributed by atoms with Gasteiger partial charge in [-0.2, -0.15) is 11.8 Å². The number of rotatable bonds is 8. The number of fused-ring (bicyclic) bond motifs is 1. The van der Waals surface area contributed by atoms with E-state index < -0.39 is 5.97 Å². The fourth-order valence-corrected chi connectivity index (χ4v) is 6.31. The zero-order chi connectivity index (χ0) is 23.3. The maximum absolute atomic E-state index is 13.0. The summed E-state index contributed by atoms with van der Waals surface area (Å²) in [4.78, 5) is 17.6. The number of nitrogens with one attached hydrogen (secondary N) is 1. The van der Waals surface area contributed by atoms with Gasteiger partial charge in [-0.1, -0.05) is 55.2 Å². The maximum Gasteiger partial charge on any atom is 0.374 e. The van der Waals surface area contributed by atoms with Crippen molar-refractivity contribution in [3.05, 3.63) is 76.5 Å². The van der Waals surface area contributed by atoms with Crippen LogP contribution in [0.4, 0.5) is 10.8 Å². The zero-order valence-electron chi connectivity index (χ0n) is 19.2. The molecule has 1 fully saturated rings. The van der Waals surface area contributed by atoms with E-state index in [1.54, 1.807) is 0 Å². The first kappa shape index (κ1) is 23.0. The van der Waals surface area contributed by atoms with Crippen molar-refractivity contribution in [1.82, 2.24) is 4.98 Å². The molecular weight excluding hydrogens is 464 g/mol. The largest absolute Gasteiger partial charge is 0.453 e. The molecule has 0 atom stereocenters. The summed E-state index contributed by atoms with van der Waals surface area (Å²) >= 11 is 3.42. The lowest BCUT2D eigenvalue weighted by atomic mass is 10.0. The van der Waals surface area contributed by atoms with Crippen LogP contribution in [0.2, 0.25) is 0 Å². The molecule has 176 valence electrons. The number of aromatic nitrogens is 1. The number of hydrogen-bond donors (Lipinski definition) is 1. The Labute approximate surface area is 207 Å². The fraction of sp³-hybridized carbons (Fsp3) is 0.333. The zero-order valence-corrected chi connectivity index (χ0v) is 20.8. The van der Waals surface area contributed by atoms with Crippen molar-refractivity contribution >= 4 is 50.9 Å². The Bertz CT molecular complexity index is 1260. The van der Waals surface area contributed by atoms with E-state index in [9.17, 15) is 4.79 Å². The van der Waals surface area contributed by atoms with Crippen LogP contribution in [0.5, 0.6) is 0 Å². The van der Waals surface area contributed by atoms with Crippen molar-refractivity contribution in [3.8, 4) is 0 Å². The van der Waals surface area contributed by atoms with Crippen molar-refractivity contribution in [2.75, 3.05) is 5.32 Å². The van der Waals surface area contributed by atoms with E-state index in [0.717, 1.165) is 33.1 Å². The van der Waals surface area contributed by atoms with Gasteiger partial charge in [-0.15, -0.1) is 11.3 Å². The van der Waals surface area contributed by atoms with Crippen molar-refractivity contribution < 1.29 is 13.9 Å². The molecule has 1 N–H and O–H groups in total. The second-order valence-corrected chi connectivity index (χ2v) is 10.8. The number of thiazole rings is 1. The Hall–Kier alpha value is -2.77. The molecule has 1 saturated carbocycles. The molecule has 7 heteroatoms. The molecule has 0 aliphatic heterocycles. The highest BCUT2D eigenvalue weighted by Crippen LogP contribution is 2.35. The number of anilines is 2. The molecule has 34 heavy (non-hydrogen) atoms. The number of furan rings is 1. The number of thioether (sulfide) groups is 1. The Balaban J connectivity index is 1.25. The molecule has 5 rings (SSSR count). The van der Waals surface area contributed by atoms with Crippen molar-refractivity contribution in [3.63, 3.8) is 0 Å². The number of para-hydroxylation sites is 1. The van der Waals surface area contributed by atoms with Gasteiger partial charge in [0.05, 0.1) is 5.69 Å². The maximum atomic E-state index is 13.0. The van der Waals surface area contributed by atoms with E-state index in [4.69, 9.17) is 9.15 Å². The molecule has 4 aromatic rings. The van der Waals surface area contributed by atoms with Crippen LogP contribution in [0.1, 0.15) is 59.5 Å². The Morgan fingerprint density at radius 2 is 1.94 bits per heavy atom. The molecule has 0 saturated heterocycles. The van der Waals surface area contributed by atoms with Gasteiger partial charge in [0.1, 0.15) is 12.2 Å². The minimum absolute atomic E-state index is 0.108. The van der Waals surface area contributed by atoms with E-state index in [0.29, 0.717) is 16.7 Å². The minimum atomic E-state index is -0.434. The van der Waals surface area contributed by atoms with Gasteiger partial charge in [0, 0.05) is 33.0 Å². The number of carbonyl (C=O) groups is 1. The Kier molecular flexibility index (Phi) is 7.21. The van der Waals surface area contributed by atoms with Gasteiger partial charge in [-0.3, -0.25) is 0 Å². The van der Waals surface area contributed by atoms with Crippen LogP contribution in [-0.4, -0.2) is 16.2 Å². The first-order chi connectivity index (χ1) is 16.7. The third-order valence-corrected chi connectivity index (χ3v) is 8.31. The summed E-state index contributed by atoms with van der Waals surface area (Å²) in [6, 6.07) is 16.0. The smallest absolute Gasteiger partial charge is 0.374 e. The molecule has 1 aliphatic carbocycles. The minimum Gasteiger partial charge on any atom is -0.453 e. The molecule has 0 radical (unpaired) electrons. The van der Waals surface area contributed by atoms with E-state index in [1.165, 1.54) is 49.0 Å². The van der Waals surface area contributed by atoms with Gasteiger partial charge < -0.3 is 14.5 Å². The molecule has 1 aliphatic rings. The molecule has 0 unspecified atom stereocenters. The predicted octanol–water partition coefficient (Wildman–Crippen LogP) is 7.86. The molecule has 2 aromatic carbocycles. The average molecular weight is 493 g/mol. The number of ether oxygens (including phenoxy) is 1. The van der Waals surface area contributed by atoms with E-state index in [2.05, 4.69) is 29.4 Å². The number of carbonyl (C=O) groups excluding carboxylic acids is 1. The quantitative estimate of drug-likeness (QED) is 0.253. The molecule has 5 nitrogen and oxygen atoms in total. The van der Waals surface area contributed by atoms with E-state index in [-0.39, 0.29) is 6.61 Å². The van der Waals surface area contributed by atoms with Crippen molar-refractivity contribution in [2.45, 2.75) is 56.6 Å². The summed E-state index contributed by atoms with van der Waals surface area (Å²) in [7, 11) is 0.